The number of aryl methyl sites for hydroxylation is 1. The van der Waals surface area contributed by atoms with Gasteiger partial charge in [-0.25, -0.2) is 0 Å². The molecule has 0 aromatic heterocycles. The number of carbonyl (C=O) groups is 2. The topological polar surface area (TPSA) is 78.9 Å². The Morgan fingerprint density at radius 1 is 1.31 bits per heavy atom. The van der Waals surface area contributed by atoms with Gasteiger partial charge in [0.2, 0.25) is 5.91 Å². The first-order chi connectivity index (χ1) is 12.4. The molecule has 2 N–H and O–H groups in total. The Hall–Kier alpha value is -2.08. The van der Waals surface area contributed by atoms with Crippen molar-refractivity contribution in [3.8, 4) is 5.75 Å². The summed E-state index contributed by atoms with van der Waals surface area (Å²) in [5, 5.41) is 13.2. The predicted molar refractivity (Wildman–Crippen MR) is 96.1 cm³/mol. The van der Waals surface area contributed by atoms with E-state index in [1.165, 1.54) is 0 Å². The second-order valence-corrected chi connectivity index (χ2v) is 8.11. The molecule has 0 radical (unpaired) electrons. The lowest BCUT2D eigenvalue weighted by Crippen LogP contribution is -2.55. The van der Waals surface area contributed by atoms with Gasteiger partial charge in [0.15, 0.2) is 0 Å². The van der Waals surface area contributed by atoms with Gasteiger partial charge in [-0.2, -0.15) is 0 Å². The Bertz CT molecular complexity index is 729. The first-order valence-corrected chi connectivity index (χ1v) is 9.49. The van der Waals surface area contributed by atoms with Crippen molar-refractivity contribution in [3.05, 3.63) is 29.3 Å². The highest BCUT2D eigenvalue weighted by Crippen LogP contribution is 2.45. The average molecular weight is 358 g/mol. The summed E-state index contributed by atoms with van der Waals surface area (Å²) in [5.41, 5.74) is 1.42. The number of aliphatic hydroxyl groups excluding tert-OH is 1. The van der Waals surface area contributed by atoms with Crippen LogP contribution in [0, 0.1) is 5.41 Å². The lowest BCUT2D eigenvalue weighted by molar-refractivity contribution is -0.127. The number of hydrogen-bond donors (Lipinski definition) is 2. The van der Waals surface area contributed by atoms with Gasteiger partial charge in [0.1, 0.15) is 5.75 Å². The maximum atomic E-state index is 12.9. The number of benzene rings is 1. The fourth-order valence-corrected chi connectivity index (χ4v) is 3.79. The van der Waals surface area contributed by atoms with E-state index in [4.69, 9.17) is 4.74 Å². The molecular formula is C20H26N2O4. The smallest absolute Gasteiger partial charge is 0.254 e. The zero-order valence-corrected chi connectivity index (χ0v) is 15.2. The largest absolute Gasteiger partial charge is 0.493 e. The number of aliphatic hydroxyl groups is 1. The lowest BCUT2D eigenvalue weighted by atomic mass is 9.99. The van der Waals surface area contributed by atoms with Gasteiger partial charge in [-0.3, -0.25) is 9.59 Å². The first kappa shape index (κ1) is 17.3. The summed E-state index contributed by atoms with van der Waals surface area (Å²) in [4.78, 5) is 26.9. The summed E-state index contributed by atoms with van der Waals surface area (Å²) in [6.45, 7) is 3.42. The number of likely N-dealkylation sites (tertiary alicyclic amines) is 1. The van der Waals surface area contributed by atoms with Gasteiger partial charge >= 0.3 is 0 Å². The molecule has 1 aliphatic carbocycles. The van der Waals surface area contributed by atoms with Crippen molar-refractivity contribution in [2.45, 2.75) is 51.2 Å². The van der Waals surface area contributed by atoms with Crippen LogP contribution in [0.15, 0.2) is 18.2 Å². The van der Waals surface area contributed by atoms with Crippen LogP contribution in [0.3, 0.4) is 0 Å². The molecule has 1 aromatic rings. The third-order valence-corrected chi connectivity index (χ3v) is 5.75. The summed E-state index contributed by atoms with van der Waals surface area (Å²) >= 11 is 0. The maximum absolute atomic E-state index is 12.9. The van der Waals surface area contributed by atoms with Crippen LogP contribution in [0.1, 0.15) is 48.5 Å². The lowest BCUT2D eigenvalue weighted by Gasteiger charge is -2.36. The summed E-state index contributed by atoms with van der Waals surface area (Å²) in [6.07, 6.45) is 3.56. The number of β-amino-alcohol motifs (C(OH)–C–C–N with tert-alkyl or cyclic N) is 1. The highest BCUT2D eigenvalue weighted by Gasteiger charge is 2.46. The molecule has 6 nitrogen and oxygen atoms in total. The molecule has 1 saturated carbocycles. The molecule has 2 heterocycles. The maximum Gasteiger partial charge on any atom is 0.254 e. The Morgan fingerprint density at radius 3 is 2.88 bits per heavy atom. The highest BCUT2D eigenvalue weighted by atomic mass is 16.5. The van der Waals surface area contributed by atoms with Crippen molar-refractivity contribution in [1.29, 1.82) is 0 Å². The normalized spacial score (nSPS) is 26.5. The number of fused-ring (bicyclic) bond motifs is 1. The minimum Gasteiger partial charge on any atom is -0.493 e. The number of rotatable bonds is 3. The van der Waals surface area contributed by atoms with Gasteiger partial charge in [-0.1, -0.05) is 6.92 Å². The quantitative estimate of drug-likeness (QED) is 0.858. The van der Waals surface area contributed by atoms with Crippen molar-refractivity contribution in [2.75, 3.05) is 19.7 Å². The molecule has 2 atom stereocenters. The fourth-order valence-electron chi connectivity index (χ4n) is 3.79. The van der Waals surface area contributed by atoms with Crippen LogP contribution in [-0.4, -0.2) is 53.7 Å². The van der Waals surface area contributed by atoms with Crippen LogP contribution in [0.2, 0.25) is 0 Å². The molecule has 4 rings (SSSR count). The van der Waals surface area contributed by atoms with E-state index in [0.717, 1.165) is 43.6 Å². The third kappa shape index (κ3) is 3.43. The van der Waals surface area contributed by atoms with Gasteiger partial charge in [0.05, 0.1) is 12.7 Å². The van der Waals surface area contributed by atoms with Gasteiger partial charge < -0.3 is 20.1 Å². The van der Waals surface area contributed by atoms with Crippen molar-refractivity contribution in [3.63, 3.8) is 0 Å². The molecule has 2 amide bonds. The Morgan fingerprint density at radius 2 is 2.12 bits per heavy atom. The first-order valence-electron chi connectivity index (χ1n) is 9.49. The molecule has 0 unspecified atom stereocenters. The van der Waals surface area contributed by atoms with Crippen molar-refractivity contribution in [1.82, 2.24) is 10.2 Å². The van der Waals surface area contributed by atoms with Crippen molar-refractivity contribution >= 4 is 11.8 Å². The van der Waals surface area contributed by atoms with E-state index in [9.17, 15) is 14.7 Å². The standard InChI is InChI=1S/C20H26N2O4/c1-20(6-7-20)19(25)21-15-10-16(23)12-22(11-15)18(24)14-4-5-17-13(9-14)3-2-8-26-17/h4-5,9,15-16,23H,2-3,6-8,10-12H2,1H3,(H,21,25)/t15-,16+/m0/s1. The highest BCUT2D eigenvalue weighted by molar-refractivity contribution is 5.95. The van der Waals surface area contributed by atoms with Crippen molar-refractivity contribution in [2.24, 2.45) is 5.41 Å². The van der Waals surface area contributed by atoms with Gasteiger partial charge in [-0.05, 0) is 55.9 Å². The molecule has 3 aliphatic rings. The molecule has 2 fully saturated rings. The number of nitrogens with one attached hydrogen (secondary N) is 1. The van der Waals surface area contributed by atoms with Crippen LogP contribution in [0.4, 0.5) is 0 Å². The van der Waals surface area contributed by atoms with Gasteiger partial charge in [0.25, 0.3) is 5.91 Å². The van der Waals surface area contributed by atoms with Gasteiger partial charge in [0, 0.05) is 30.1 Å². The zero-order chi connectivity index (χ0) is 18.3. The molecule has 140 valence electrons. The second-order valence-electron chi connectivity index (χ2n) is 8.11. The number of carbonyl (C=O) groups excluding carboxylic acids is 2. The molecule has 1 aromatic carbocycles. The number of piperidine rings is 1. The van der Waals surface area contributed by atoms with Crippen LogP contribution in [-0.2, 0) is 11.2 Å². The molecule has 26 heavy (non-hydrogen) atoms. The van der Waals surface area contributed by atoms with Crippen LogP contribution in [0.5, 0.6) is 5.75 Å². The number of amides is 2. The Kier molecular flexibility index (Phi) is 4.39. The number of hydrogen-bond acceptors (Lipinski definition) is 4. The SMILES string of the molecule is CC1(C(=O)N[C@H]2C[C@@H](O)CN(C(=O)c3ccc4c(c3)CCCO4)C2)CC1. The van der Waals surface area contributed by atoms with Gasteiger partial charge in [-0.15, -0.1) is 0 Å². The molecule has 2 aliphatic heterocycles. The number of nitrogens with zero attached hydrogens (tertiary/aromatic N) is 1. The minimum absolute atomic E-state index is 0.0370. The minimum atomic E-state index is -0.619. The summed E-state index contributed by atoms with van der Waals surface area (Å²) in [5.74, 6) is 0.790. The zero-order valence-electron chi connectivity index (χ0n) is 15.2. The Labute approximate surface area is 153 Å². The van der Waals surface area contributed by atoms with Crippen molar-refractivity contribution < 1.29 is 19.4 Å². The van der Waals surface area contributed by atoms with Crippen LogP contribution in [0.25, 0.3) is 0 Å². The van der Waals surface area contributed by atoms with E-state index in [1.54, 1.807) is 11.0 Å². The van der Waals surface area contributed by atoms with E-state index < -0.39 is 6.10 Å². The third-order valence-electron chi connectivity index (χ3n) is 5.75. The van der Waals surface area contributed by atoms with E-state index in [2.05, 4.69) is 5.32 Å². The molecule has 1 saturated heterocycles. The fraction of sp³-hybridized carbons (Fsp3) is 0.600. The van der Waals surface area contributed by atoms with Crippen LogP contribution < -0.4 is 10.1 Å². The molecule has 0 spiro atoms. The van der Waals surface area contributed by atoms with E-state index in [0.29, 0.717) is 25.1 Å². The predicted octanol–water partition coefficient (Wildman–Crippen LogP) is 1.50. The summed E-state index contributed by atoms with van der Waals surface area (Å²) < 4.78 is 5.61. The second kappa shape index (κ2) is 6.58. The monoisotopic (exact) mass is 358 g/mol. The molecular weight excluding hydrogens is 332 g/mol. The molecule has 0 bridgehead atoms. The molecule has 6 heteroatoms. The summed E-state index contributed by atoms with van der Waals surface area (Å²) in [7, 11) is 0. The van der Waals surface area contributed by atoms with E-state index in [1.807, 2.05) is 19.1 Å². The summed E-state index contributed by atoms with van der Waals surface area (Å²) in [6, 6.07) is 5.34. The average Bonchev–Trinajstić information content (AvgIpc) is 3.39. The van der Waals surface area contributed by atoms with E-state index in [-0.39, 0.29) is 23.3 Å². The Balaban J connectivity index is 1.45. The number of ether oxygens (including phenoxy) is 1. The van der Waals surface area contributed by atoms with E-state index >= 15 is 0 Å². The van der Waals surface area contributed by atoms with Crippen LogP contribution >= 0.6 is 0 Å².